The molecule has 2 aromatic heterocycles. The summed E-state index contributed by atoms with van der Waals surface area (Å²) in [6.45, 7) is 1.96. The number of hydrogen-bond donors (Lipinski definition) is 1. The molecule has 1 N–H and O–H groups in total. The summed E-state index contributed by atoms with van der Waals surface area (Å²) in [5, 5.41) is 16.4. The number of benzene rings is 1. The Kier molecular flexibility index (Phi) is 5.00. The number of aromatic nitrogens is 1. The summed E-state index contributed by atoms with van der Waals surface area (Å²) in [6.07, 6.45) is 1.08. The monoisotopic (exact) mass is 314 g/mol. The van der Waals surface area contributed by atoms with Gasteiger partial charge >= 0.3 is 0 Å². The zero-order valence-corrected chi connectivity index (χ0v) is 12.9. The van der Waals surface area contributed by atoms with Crippen molar-refractivity contribution >= 4 is 11.3 Å². The van der Waals surface area contributed by atoms with Crippen LogP contribution in [0.15, 0.2) is 64.7 Å². The molecule has 0 amide bonds. The first-order chi connectivity index (χ1) is 10.8. The van der Waals surface area contributed by atoms with E-state index in [1.165, 1.54) is 5.56 Å². The molecule has 0 saturated heterocycles. The van der Waals surface area contributed by atoms with Crippen LogP contribution in [0.3, 0.4) is 0 Å². The first kappa shape index (κ1) is 15.0. The zero-order valence-electron chi connectivity index (χ0n) is 12.1. The minimum Gasteiger partial charge on any atom is -0.386 e. The minimum atomic E-state index is -0.490. The number of thiophene rings is 1. The van der Waals surface area contributed by atoms with Crippen molar-refractivity contribution in [2.75, 3.05) is 6.54 Å². The largest absolute Gasteiger partial charge is 0.386 e. The maximum absolute atomic E-state index is 10.4. The molecule has 4 nitrogen and oxygen atoms in total. The Labute approximate surface area is 133 Å². The Bertz CT molecular complexity index is 653. The third-order valence-corrected chi connectivity index (χ3v) is 4.40. The van der Waals surface area contributed by atoms with E-state index in [1.807, 2.05) is 41.8 Å². The Morgan fingerprint density at radius 1 is 1.09 bits per heavy atom. The van der Waals surface area contributed by atoms with Gasteiger partial charge in [0, 0.05) is 30.6 Å². The van der Waals surface area contributed by atoms with Crippen LogP contribution in [0.25, 0.3) is 0 Å². The number of rotatable bonds is 7. The van der Waals surface area contributed by atoms with Crippen LogP contribution >= 0.6 is 11.3 Å². The fourth-order valence-corrected chi connectivity index (χ4v) is 3.09. The van der Waals surface area contributed by atoms with Gasteiger partial charge in [-0.05, 0) is 17.0 Å². The van der Waals surface area contributed by atoms with Crippen LogP contribution in [0.4, 0.5) is 0 Å². The van der Waals surface area contributed by atoms with Crippen molar-refractivity contribution in [2.24, 2.45) is 0 Å². The van der Waals surface area contributed by atoms with E-state index in [4.69, 9.17) is 4.52 Å². The highest BCUT2D eigenvalue weighted by Gasteiger charge is 2.16. The standard InChI is InChI=1S/C17H18N2O2S/c20-16(17-7-4-10-22-17)13-19(12-15-8-9-21-18-15)11-14-5-2-1-3-6-14/h1-10,16,20H,11-13H2/t16-/m1/s1. The van der Waals surface area contributed by atoms with E-state index in [0.717, 1.165) is 17.1 Å². The van der Waals surface area contributed by atoms with Crippen LogP contribution in [0.5, 0.6) is 0 Å². The third-order valence-electron chi connectivity index (χ3n) is 3.43. The highest BCUT2D eigenvalue weighted by atomic mass is 32.1. The smallest absolute Gasteiger partial charge is 0.124 e. The number of hydrogen-bond acceptors (Lipinski definition) is 5. The van der Waals surface area contributed by atoms with Gasteiger partial charge in [-0.2, -0.15) is 0 Å². The molecule has 5 heteroatoms. The molecule has 0 unspecified atom stereocenters. The van der Waals surface area contributed by atoms with Gasteiger partial charge in [0.15, 0.2) is 0 Å². The lowest BCUT2D eigenvalue weighted by molar-refractivity contribution is 0.106. The fraction of sp³-hybridized carbons (Fsp3) is 0.235. The highest BCUT2D eigenvalue weighted by Crippen LogP contribution is 2.21. The van der Waals surface area contributed by atoms with Crippen molar-refractivity contribution in [1.29, 1.82) is 0 Å². The van der Waals surface area contributed by atoms with Gasteiger partial charge in [-0.1, -0.05) is 41.6 Å². The second kappa shape index (κ2) is 7.35. The van der Waals surface area contributed by atoms with Gasteiger partial charge in [-0.3, -0.25) is 4.90 Å². The molecule has 0 bridgehead atoms. The van der Waals surface area contributed by atoms with Crippen molar-refractivity contribution < 1.29 is 9.63 Å². The van der Waals surface area contributed by atoms with E-state index in [1.54, 1.807) is 17.6 Å². The van der Waals surface area contributed by atoms with Crippen molar-refractivity contribution in [3.63, 3.8) is 0 Å². The van der Waals surface area contributed by atoms with Crippen molar-refractivity contribution in [2.45, 2.75) is 19.2 Å². The summed E-state index contributed by atoms with van der Waals surface area (Å²) in [7, 11) is 0. The summed E-state index contributed by atoms with van der Waals surface area (Å²) < 4.78 is 4.91. The predicted molar refractivity (Wildman–Crippen MR) is 86.3 cm³/mol. The molecular weight excluding hydrogens is 296 g/mol. The SMILES string of the molecule is O[C@H](CN(Cc1ccccc1)Cc1ccon1)c1cccs1. The zero-order chi connectivity index (χ0) is 15.2. The summed E-state index contributed by atoms with van der Waals surface area (Å²) in [5.74, 6) is 0. The average molecular weight is 314 g/mol. The molecule has 0 aliphatic carbocycles. The Morgan fingerprint density at radius 2 is 1.95 bits per heavy atom. The quantitative estimate of drug-likeness (QED) is 0.725. The van der Waals surface area contributed by atoms with E-state index in [2.05, 4.69) is 22.2 Å². The van der Waals surface area contributed by atoms with Gasteiger partial charge in [-0.15, -0.1) is 11.3 Å². The summed E-state index contributed by atoms with van der Waals surface area (Å²) >= 11 is 1.58. The lowest BCUT2D eigenvalue weighted by Crippen LogP contribution is -2.28. The van der Waals surface area contributed by atoms with E-state index in [-0.39, 0.29) is 0 Å². The fourth-order valence-electron chi connectivity index (χ4n) is 2.39. The van der Waals surface area contributed by atoms with E-state index in [9.17, 15) is 5.11 Å². The van der Waals surface area contributed by atoms with Gasteiger partial charge in [0.05, 0.1) is 5.69 Å². The van der Waals surface area contributed by atoms with Crippen molar-refractivity contribution in [1.82, 2.24) is 10.1 Å². The van der Waals surface area contributed by atoms with Crippen LogP contribution in [-0.4, -0.2) is 21.7 Å². The molecule has 1 aromatic carbocycles. The van der Waals surface area contributed by atoms with Crippen LogP contribution in [0.1, 0.15) is 22.2 Å². The Balaban J connectivity index is 1.70. The lowest BCUT2D eigenvalue weighted by Gasteiger charge is -2.24. The summed E-state index contributed by atoms with van der Waals surface area (Å²) in [5.41, 5.74) is 2.08. The van der Waals surface area contributed by atoms with Gasteiger partial charge < -0.3 is 9.63 Å². The highest BCUT2D eigenvalue weighted by molar-refractivity contribution is 7.10. The molecule has 1 atom stereocenters. The summed E-state index contributed by atoms with van der Waals surface area (Å²) in [4.78, 5) is 3.16. The van der Waals surface area contributed by atoms with Gasteiger partial charge in [0.25, 0.3) is 0 Å². The average Bonchev–Trinajstić information content (AvgIpc) is 3.21. The molecule has 3 rings (SSSR count). The van der Waals surface area contributed by atoms with Crippen molar-refractivity contribution in [3.8, 4) is 0 Å². The first-order valence-electron chi connectivity index (χ1n) is 7.18. The molecule has 0 aliphatic rings. The molecule has 0 fully saturated rings. The molecule has 22 heavy (non-hydrogen) atoms. The molecule has 0 saturated carbocycles. The van der Waals surface area contributed by atoms with Gasteiger partial charge in [0.1, 0.15) is 12.4 Å². The number of nitrogens with zero attached hydrogens (tertiary/aromatic N) is 2. The number of aliphatic hydroxyl groups excluding tert-OH is 1. The molecule has 114 valence electrons. The van der Waals surface area contributed by atoms with Gasteiger partial charge in [0.2, 0.25) is 0 Å². The van der Waals surface area contributed by atoms with Crippen LogP contribution in [0, 0.1) is 0 Å². The van der Waals surface area contributed by atoms with Gasteiger partial charge in [-0.25, -0.2) is 0 Å². The molecular formula is C17H18N2O2S. The molecule has 2 heterocycles. The maximum atomic E-state index is 10.4. The molecule has 0 aliphatic heterocycles. The lowest BCUT2D eigenvalue weighted by atomic mass is 10.2. The molecule has 0 radical (unpaired) electrons. The predicted octanol–water partition coefficient (Wildman–Crippen LogP) is 3.47. The maximum Gasteiger partial charge on any atom is 0.124 e. The van der Waals surface area contributed by atoms with Crippen LogP contribution < -0.4 is 0 Å². The third kappa shape index (κ3) is 4.04. The minimum absolute atomic E-state index is 0.490. The first-order valence-corrected chi connectivity index (χ1v) is 8.06. The van der Waals surface area contributed by atoms with Crippen molar-refractivity contribution in [3.05, 3.63) is 76.3 Å². The second-order valence-electron chi connectivity index (χ2n) is 5.18. The van der Waals surface area contributed by atoms with E-state index < -0.39 is 6.10 Å². The summed E-state index contributed by atoms with van der Waals surface area (Å²) in [6, 6.07) is 16.0. The Hall–Kier alpha value is -1.95. The number of aliphatic hydroxyl groups is 1. The molecule has 0 spiro atoms. The Morgan fingerprint density at radius 3 is 2.64 bits per heavy atom. The van der Waals surface area contributed by atoms with Crippen LogP contribution in [-0.2, 0) is 13.1 Å². The van der Waals surface area contributed by atoms with E-state index >= 15 is 0 Å². The second-order valence-corrected chi connectivity index (χ2v) is 6.16. The van der Waals surface area contributed by atoms with E-state index in [0.29, 0.717) is 13.1 Å². The van der Waals surface area contributed by atoms with Crippen LogP contribution in [0.2, 0.25) is 0 Å². The topological polar surface area (TPSA) is 49.5 Å². The normalized spacial score (nSPS) is 12.6. The molecule has 3 aromatic rings.